The maximum Gasteiger partial charge on any atom is 0.255 e. The van der Waals surface area contributed by atoms with E-state index in [2.05, 4.69) is 43.8 Å². The van der Waals surface area contributed by atoms with Gasteiger partial charge in [0.2, 0.25) is 0 Å². The van der Waals surface area contributed by atoms with Gasteiger partial charge in [-0.05, 0) is 65.4 Å². The van der Waals surface area contributed by atoms with E-state index in [9.17, 15) is 4.79 Å². The first-order valence-corrected chi connectivity index (χ1v) is 7.27. The van der Waals surface area contributed by atoms with Gasteiger partial charge in [0.1, 0.15) is 0 Å². The van der Waals surface area contributed by atoms with Crippen molar-refractivity contribution in [2.24, 2.45) is 0 Å². The quantitative estimate of drug-likeness (QED) is 0.712. The van der Waals surface area contributed by atoms with Crippen molar-refractivity contribution in [2.75, 3.05) is 5.32 Å². The number of nitrogens with one attached hydrogen (secondary N) is 1. The summed E-state index contributed by atoms with van der Waals surface area (Å²) in [6, 6.07) is 13.3. The van der Waals surface area contributed by atoms with Crippen LogP contribution >= 0.6 is 38.5 Å². The summed E-state index contributed by atoms with van der Waals surface area (Å²) in [7, 11) is 0. The first-order valence-electron chi connectivity index (χ1n) is 5.40. The van der Waals surface area contributed by atoms with Crippen molar-refractivity contribution in [3.05, 3.63) is 61.6 Å². The molecule has 0 bridgehead atoms. The number of hydrogen-bond donors (Lipinski definition) is 1. The third kappa shape index (κ3) is 3.11. The average molecular weight is 416 g/mol. The van der Waals surface area contributed by atoms with Crippen LogP contribution in [0.2, 0.25) is 0 Å². The molecule has 4 heteroatoms. The molecule has 0 radical (unpaired) electrons. The second-order valence-electron chi connectivity index (χ2n) is 3.88. The number of carbonyl (C=O) groups excluding carboxylic acids is 1. The zero-order valence-corrected chi connectivity index (χ0v) is 13.4. The maximum absolute atomic E-state index is 12.2. The number of halogens is 2. The fourth-order valence-electron chi connectivity index (χ4n) is 1.62. The molecule has 1 N–H and O–H groups in total. The summed E-state index contributed by atoms with van der Waals surface area (Å²) >= 11 is 5.65. The third-order valence-corrected chi connectivity index (χ3v) is 4.12. The van der Waals surface area contributed by atoms with E-state index in [1.807, 2.05) is 49.4 Å². The Hall–Kier alpha value is -0.880. The number of anilines is 1. The Morgan fingerprint density at radius 1 is 1.22 bits per heavy atom. The van der Waals surface area contributed by atoms with Crippen LogP contribution in [-0.4, -0.2) is 5.91 Å². The van der Waals surface area contributed by atoms with Gasteiger partial charge in [0.05, 0.1) is 0 Å². The Balaban J connectivity index is 2.25. The highest BCUT2D eigenvalue weighted by Gasteiger charge is 2.10. The molecule has 0 fully saturated rings. The SMILES string of the molecule is Cc1c(Br)cccc1C(=O)Nc1cccc(I)c1. The molecule has 18 heavy (non-hydrogen) atoms. The predicted molar refractivity (Wildman–Crippen MR) is 86.0 cm³/mol. The minimum atomic E-state index is -0.0872. The molecule has 0 unspecified atom stereocenters. The van der Waals surface area contributed by atoms with Gasteiger partial charge in [0.25, 0.3) is 5.91 Å². The first kappa shape index (κ1) is 13.5. The second-order valence-corrected chi connectivity index (χ2v) is 5.98. The molecule has 92 valence electrons. The summed E-state index contributed by atoms with van der Waals surface area (Å²) in [6.45, 7) is 1.92. The molecule has 0 saturated carbocycles. The molecule has 2 nitrogen and oxygen atoms in total. The summed E-state index contributed by atoms with van der Waals surface area (Å²) in [4.78, 5) is 12.2. The Labute approximate surface area is 128 Å². The molecule has 0 aliphatic carbocycles. The zero-order valence-electron chi connectivity index (χ0n) is 9.71. The van der Waals surface area contributed by atoms with Crippen molar-refractivity contribution in [3.8, 4) is 0 Å². The van der Waals surface area contributed by atoms with Crippen LogP contribution in [0.5, 0.6) is 0 Å². The molecule has 0 aliphatic rings. The Morgan fingerprint density at radius 3 is 2.67 bits per heavy atom. The number of benzene rings is 2. The molecule has 0 spiro atoms. The number of hydrogen-bond acceptors (Lipinski definition) is 1. The molecule has 0 heterocycles. The lowest BCUT2D eigenvalue weighted by Crippen LogP contribution is -2.13. The van der Waals surface area contributed by atoms with Crippen LogP contribution in [0.25, 0.3) is 0 Å². The van der Waals surface area contributed by atoms with Crippen molar-refractivity contribution in [3.63, 3.8) is 0 Å². The second kappa shape index (κ2) is 5.84. The highest BCUT2D eigenvalue weighted by molar-refractivity contribution is 14.1. The predicted octanol–water partition coefficient (Wildman–Crippen LogP) is 4.61. The minimum Gasteiger partial charge on any atom is -0.322 e. The molecule has 2 rings (SSSR count). The van der Waals surface area contributed by atoms with Crippen LogP contribution in [-0.2, 0) is 0 Å². The lowest BCUT2D eigenvalue weighted by atomic mass is 10.1. The van der Waals surface area contributed by atoms with Crippen LogP contribution in [0.15, 0.2) is 46.9 Å². The molecule has 0 saturated heterocycles. The van der Waals surface area contributed by atoms with E-state index in [0.29, 0.717) is 5.56 Å². The Morgan fingerprint density at radius 2 is 1.94 bits per heavy atom. The van der Waals surface area contributed by atoms with E-state index in [-0.39, 0.29) is 5.91 Å². The lowest BCUT2D eigenvalue weighted by molar-refractivity contribution is 0.102. The lowest BCUT2D eigenvalue weighted by Gasteiger charge is -2.09. The molecule has 2 aromatic carbocycles. The Bertz CT molecular complexity index is 598. The van der Waals surface area contributed by atoms with Gasteiger partial charge in [0.15, 0.2) is 0 Å². The van der Waals surface area contributed by atoms with Gasteiger partial charge in [-0.25, -0.2) is 0 Å². The van der Waals surface area contributed by atoms with Gasteiger partial charge in [-0.1, -0.05) is 28.1 Å². The summed E-state index contributed by atoms with van der Waals surface area (Å²) in [5.41, 5.74) is 2.44. The molecular formula is C14H11BrINO. The number of rotatable bonds is 2. The van der Waals surface area contributed by atoms with Crippen molar-refractivity contribution in [2.45, 2.75) is 6.92 Å². The minimum absolute atomic E-state index is 0.0872. The smallest absolute Gasteiger partial charge is 0.255 e. The van der Waals surface area contributed by atoms with Crippen LogP contribution in [0, 0.1) is 10.5 Å². The van der Waals surface area contributed by atoms with Gasteiger partial charge >= 0.3 is 0 Å². The summed E-state index contributed by atoms with van der Waals surface area (Å²) < 4.78 is 2.04. The Kier molecular flexibility index (Phi) is 4.40. The van der Waals surface area contributed by atoms with Gasteiger partial charge < -0.3 is 5.32 Å². The summed E-state index contributed by atoms with van der Waals surface area (Å²) in [5, 5.41) is 2.90. The maximum atomic E-state index is 12.2. The van der Waals surface area contributed by atoms with Crippen LogP contribution in [0.3, 0.4) is 0 Å². The van der Waals surface area contributed by atoms with E-state index >= 15 is 0 Å². The standard InChI is InChI=1S/C14H11BrINO/c1-9-12(6-3-7-13(9)15)14(18)17-11-5-2-4-10(16)8-11/h2-8H,1H3,(H,17,18). The molecule has 0 aliphatic heterocycles. The molecule has 0 atom stereocenters. The average Bonchev–Trinajstić information content (AvgIpc) is 2.32. The zero-order chi connectivity index (χ0) is 13.1. The van der Waals surface area contributed by atoms with Crippen LogP contribution < -0.4 is 5.32 Å². The molecule has 1 amide bonds. The molecule has 0 aromatic heterocycles. The third-order valence-electron chi connectivity index (χ3n) is 2.59. The van der Waals surface area contributed by atoms with Gasteiger partial charge in [-0.15, -0.1) is 0 Å². The fraction of sp³-hybridized carbons (Fsp3) is 0.0714. The van der Waals surface area contributed by atoms with E-state index in [1.54, 1.807) is 0 Å². The van der Waals surface area contributed by atoms with Gasteiger partial charge in [0, 0.05) is 19.3 Å². The van der Waals surface area contributed by atoms with Crippen molar-refractivity contribution in [1.82, 2.24) is 0 Å². The monoisotopic (exact) mass is 415 g/mol. The number of carbonyl (C=O) groups is 1. The van der Waals surface area contributed by atoms with Crippen molar-refractivity contribution < 1.29 is 4.79 Å². The fourth-order valence-corrected chi connectivity index (χ4v) is 2.53. The van der Waals surface area contributed by atoms with Gasteiger partial charge in [-0.2, -0.15) is 0 Å². The van der Waals surface area contributed by atoms with Crippen LogP contribution in [0.4, 0.5) is 5.69 Å². The molecule has 2 aromatic rings. The van der Waals surface area contributed by atoms with Gasteiger partial charge in [-0.3, -0.25) is 4.79 Å². The summed E-state index contributed by atoms with van der Waals surface area (Å²) in [5.74, 6) is -0.0872. The largest absolute Gasteiger partial charge is 0.322 e. The highest BCUT2D eigenvalue weighted by Crippen LogP contribution is 2.21. The van der Waals surface area contributed by atoms with E-state index in [0.717, 1.165) is 19.3 Å². The van der Waals surface area contributed by atoms with E-state index in [1.165, 1.54) is 0 Å². The van der Waals surface area contributed by atoms with E-state index in [4.69, 9.17) is 0 Å². The molecular weight excluding hydrogens is 405 g/mol. The van der Waals surface area contributed by atoms with E-state index < -0.39 is 0 Å². The highest BCUT2D eigenvalue weighted by atomic mass is 127. The topological polar surface area (TPSA) is 29.1 Å². The van der Waals surface area contributed by atoms with Crippen molar-refractivity contribution >= 4 is 50.1 Å². The van der Waals surface area contributed by atoms with Crippen molar-refractivity contribution in [1.29, 1.82) is 0 Å². The normalized spacial score (nSPS) is 10.2. The van der Waals surface area contributed by atoms with Crippen LogP contribution in [0.1, 0.15) is 15.9 Å². The summed E-state index contributed by atoms with van der Waals surface area (Å²) in [6.07, 6.45) is 0. The first-order chi connectivity index (χ1) is 8.58. The number of amides is 1.